The van der Waals surface area contributed by atoms with E-state index in [1.54, 1.807) is 43.5 Å². The molecule has 1 heterocycles. The summed E-state index contributed by atoms with van der Waals surface area (Å²) in [7, 11) is 1.60. The summed E-state index contributed by atoms with van der Waals surface area (Å²) in [5.74, 6) is 1.42. The summed E-state index contributed by atoms with van der Waals surface area (Å²) in [6.45, 7) is 0.232. The molecular weight excluding hydrogens is 411 g/mol. The molecule has 27 heavy (non-hydrogen) atoms. The maximum atomic E-state index is 12.0. The van der Waals surface area contributed by atoms with Gasteiger partial charge in [-0.1, -0.05) is 34.5 Å². The molecule has 0 aliphatic carbocycles. The molecule has 140 valence electrons. The molecule has 2 N–H and O–H groups in total. The fourth-order valence-electron chi connectivity index (χ4n) is 2.02. The van der Waals surface area contributed by atoms with Crippen molar-refractivity contribution in [3.8, 4) is 11.5 Å². The lowest BCUT2D eigenvalue weighted by Crippen LogP contribution is -2.19. The van der Waals surface area contributed by atoms with Gasteiger partial charge in [0.05, 0.1) is 17.8 Å². The maximum Gasteiger partial charge on any atom is 0.325 e. The van der Waals surface area contributed by atoms with Gasteiger partial charge in [0.25, 0.3) is 0 Å². The van der Waals surface area contributed by atoms with Crippen LogP contribution in [0.2, 0.25) is 10.0 Å². The Morgan fingerprint density at radius 1 is 1.07 bits per heavy atom. The Labute approximate surface area is 169 Å². The van der Waals surface area contributed by atoms with Crippen LogP contribution < -0.4 is 20.1 Å². The van der Waals surface area contributed by atoms with Crippen molar-refractivity contribution in [2.75, 3.05) is 17.7 Å². The monoisotopic (exact) mass is 424 g/mol. The molecule has 10 heteroatoms. The molecule has 2 amide bonds. The third kappa shape index (κ3) is 5.46. The topological polar surface area (TPSA) is 85.4 Å². The van der Waals surface area contributed by atoms with Crippen molar-refractivity contribution in [3.05, 3.63) is 57.5 Å². The first kappa shape index (κ1) is 19.2. The van der Waals surface area contributed by atoms with E-state index in [2.05, 4.69) is 20.8 Å². The summed E-state index contributed by atoms with van der Waals surface area (Å²) >= 11 is 13.1. The molecule has 0 saturated heterocycles. The van der Waals surface area contributed by atoms with Gasteiger partial charge in [-0.3, -0.25) is 5.32 Å². The smallest absolute Gasteiger partial charge is 0.325 e. The third-order valence-electron chi connectivity index (χ3n) is 3.29. The Morgan fingerprint density at radius 3 is 2.52 bits per heavy atom. The van der Waals surface area contributed by atoms with Gasteiger partial charge in [0, 0.05) is 5.02 Å². The second kappa shape index (κ2) is 8.90. The van der Waals surface area contributed by atoms with E-state index >= 15 is 0 Å². The van der Waals surface area contributed by atoms with Crippen LogP contribution in [0, 0.1) is 0 Å². The first-order valence-corrected chi connectivity index (χ1v) is 9.23. The predicted molar refractivity (Wildman–Crippen MR) is 106 cm³/mol. The Balaban J connectivity index is 1.53. The normalized spacial score (nSPS) is 10.3. The lowest BCUT2D eigenvalue weighted by molar-refractivity contribution is 0.262. The number of carbonyl (C=O) groups is 1. The van der Waals surface area contributed by atoms with Gasteiger partial charge in [0.1, 0.15) is 18.1 Å². The lowest BCUT2D eigenvalue weighted by Gasteiger charge is -2.07. The summed E-state index contributed by atoms with van der Waals surface area (Å²) in [4.78, 5) is 12.0. The molecule has 3 aromatic rings. The Bertz CT molecular complexity index is 934. The number of rotatable bonds is 6. The largest absolute Gasteiger partial charge is 0.497 e. The van der Waals surface area contributed by atoms with Crippen LogP contribution in [0.25, 0.3) is 0 Å². The van der Waals surface area contributed by atoms with Crippen LogP contribution in [0.1, 0.15) is 5.01 Å². The van der Waals surface area contributed by atoms with E-state index in [1.165, 1.54) is 17.4 Å². The number of hydrogen-bond acceptors (Lipinski definition) is 6. The first-order valence-electron chi connectivity index (χ1n) is 7.66. The number of halogens is 2. The second-order valence-electron chi connectivity index (χ2n) is 5.17. The van der Waals surface area contributed by atoms with Crippen molar-refractivity contribution < 1.29 is 14.3 Å². The molecule has 0 unspecified atom stereocenters. The molecule has 3 rings (SSSR count). The minimum absolute atomic E-state index is 0.232. The number of anilines is 2. The predicted octanol–water partition coefficient (Wildman–Crippen LogP) is 5.08. The summed E-state index contributed by atoms with van der Waals surface area (Å²) < 4.78 is 10.7. The van der Waals surface area contributed by atoms with E-state index in [-0.39, 0.29) is 6.61 Å². The number of urea groups is 1. The minimum Gasteiger partial charge on any atom is -0.497 e. The van der Waals surface area contributed by atoms with Gasteiger partial charge in [0.2, 0.25) is 5.13 Å². The van der Waals surface area contributed by atoms with Crippen LogP contribution >= 0.6 is 34.5 Å². The van der Waals surface area contributed by atoms with E-state index in [0.29, 0.717) is 31.6 Å². The SMILES string of the molecule is COc1ccc(OCc2nnc(NC(=O)Nc3ccc(Cl)cc3Cl)s2)cc1. The number of amides is 2. The van der Waals surface area contributed by atoms with Crippen molar-refractivity contribution in [1.82, 2.24) is 10.2 Å². The molecule has 0 radical (unpaired) electrons. The van der Waals surface area contributed by atoms with E-state index in [9.17, 15) is 4.79 Å². The zero-order chi connectivity index (χ0) is 19.2. The van der Waals surface area contributed by atoms with Gasteiger partial charge in [-0.25, -0.2) is 4.79 Å². The first-order chi connectivity index (χ1) is 13.0. The number of ether oxygens (including phenoxy) is 2. The molecule has 0 spiro atoms. The highest BCUT2D eigenvalue weighted by Gasteiger charge is 2.11. The average molecular weight is 425 g/mol. The van der Waals surface area contributed by atoms with Crippen molar-refractivity contribution in [3.63, 3.8) is 0 Å². The van der Waals surface area contributed by atoms with Crippen molar-refractivity contribution >= 4 is 51.4 Å². The van der Waals surface area contributed by atoms with Crippen molar-refractivity contribution in [2.45, 2.75) is 6.61 Å². The molecular formula is C17H14Cl2N4O3S. The van der Waals surface area contributed by atoms with Gasteiger partial charge >= 0.3 is 6.03 Å². The molecule has 0 saturated carbocycles. The minimum atomic E-state index is -0.488. The van der Waals surface area contributed by atoms with Crippen LogP contribution in [0.5, 0.6) is 11.5 Å². The van der Waals surface area contributed by atoms with Crippen LogP contribution in [0.15, 0.2) is 42.5 Å². The Kier molecular flexibility index (Phi) is 6.33. The molecule has 0 aliphatic rings. The average Bonchev–Trinajstić information content (AvgIpc) is 3.10. The van der Waals surface area contributed by atoms with E-state index in [4.69, 9.17) is 32.7 Å². The summed E-state index contributed by atoms with van der Waals surface area (Å²) in [6, 6.07) is 11.5. The third-order valence-corrected chi connectivity index (χ3v) is 4.65. The lowest BCUT2D eigenvalue weighted by atomic mass is 10.3. The molecule has 1 aromatic heterocycles. The molecule has 7 nitrogen and oxygen atoms in total. The van der Waals surface area contributed by atoms with Crippen LogP contribution in [-0.2, 0) is 6.61 Å². The van der Waals surface area contributed by atoms with Gasteiger partial charge in [-0.05, 0) is 42.5 Å². The van der Waals surface area contributed by atoms with Crippen molar-refractivity contribution in [2.24, 2.45) is 0 Å². The Morgan fingerprint density at radius 2 is 1.81 bits per heavy atom. The highest BCUT2D eigenvalue weighted by atomic mass is 35.5. The molecule has 0 atom stereocenters. The highest BCUT2D eigenvalue weighted by Crippen LogP contribution is 2.26. The molecule has 2 aromatic carbocycles. The number of benzene rings is 2. The van der Waals surface area contributed by atoms with E-state index in [0.717, 1.165) is 5.75 Å². The number of hydrogen-bond donors (Lipinski definition) is 2. The summed E-state index contributed by atoms with van der Waals surface area (Å²) in [6.07, 6.45) is 0. The number of nitrogens with zero attached hydrogens (tertiary/aromatic N) is 2. The van der Waals surface area contributed by atoms with Gasteiger partial charge in [-0.2, -0.15) is 0 Å². The summed E-state index contributed by atoms with van der Waals surface area (Å²) in [5.41, 5.74) is 0.436. The van der Waals surface area contributed by atoms with Crippen LogP contribution in [0.4, 0.5) is 15.6 Å². The Hall–Kier alpha value is -2.55. The van der Waals surface area contributed by atoms with E-state index < -0.39 is 6.03 Å². The molecule has 0 fully saturated rings. The highest BCUT2D eigenvalue weighted by molar-refractivity contribution is 7.15. The fourth-order valence-corrected chi connectivity index (χ4v) is 3.12. The quantitative estimate of drug-likeness (QED) is 0.576. The van der Waals surface area contributed by atoms with Gasteiger partial charge in [0.15, 0.2) is 5.01 Å². The summed E-state index contributed by atoms with van der Waals surface area (Å²) in [5, 5.41) is 14.9. The molecule has 0 bridgehead atoms. The van der Waals surface area contributed by atoms with Crippen molar-refractivity contribution in [1.29, 1.82) is 0 Å². The van der Waals surface area contributed by atoms with Crippen LogP contribution in [0.3, 0.4) is 0 Å². The van der Waals surface area contributed by atoms with E-state index in [1.807, 2.05) is 0 Å². The van der Waals surface area contributed by atoms with Gasteiger partial charge in [-0.15, -0.1) is 10.2 Å². The standard InChI is InChI=1S/C17H14Cl2N4O3S/c1-25-11-3-5-12(6-4-11)26-9-15-22-23-17(27-15)21-16(24)20-14-7-2-10(18)8-13(14)19/h2-8H,9H2,1H3,(H2,20,21,23,24). The fraction of sp³-hybridized carbons (Fsp3) is 0.118. The van der Waals surface area contributed by atoms with Gasteiger partial charge < -0.3 is 14.8 Å². The maximum absolute atomic E-state index is 12.0. The number of nitrogens with one attached hydrogen (secondary N) is 2. The number of carbonyl (C=O) groups excluding carboxylic acids is 1. The number of aromatic nitrogens is 2. The number of methoxy groups -OCH3 is 1. The zero-order valence-electron chi connectivity index (χ0n) is 14.0. The molecule has 0 aliphatic heterocycles. The second-order valence-corrected chi connectivity index (χ2v) is 7.07. The zero-order valence-corrected chi connectivity index (χ0v) is 16.4. The van der Waals surface area contributed by atoms with Crippen LogP contribution in [-0.4, -0.2) is 23.3 Å².